The van der Waals surface area contributed by atoms with Gasteiger partial charge in [-0.3, -0.25) is 9.59 Å². The van der Waals surface area contributed by atoms with Gasteiger partial charge in [0.15, 0.2) is 0 Å². The second kappa shape index (κ2) is 8.51. The van der Waals surface area contributed by atoms with Crippen LogP contribution in [0.5, 0.6) is 0 Å². The molecule has 1 aliphatic heterocycles. The second-order valence-corrected chi connectivity index (χ2v) is 5.32. The summed E-state index contributed by atoms with van der Waals surface area (Å²) in [5.41, 5.74) is 6.43. The van der Waals surface area contributed by atoms with Crippen LogP contribution in [-0.4, -0.2) is 49.1 Å². The number of unbranched alkanes of at least 4 members (excludes halogenated alkanes) is 1. The van der Waals surface area contributed by atoms with Gasteiger partial charge in [0.2, 0.25) is 11.8 Å². The highest BCUT2D eigenvalue weighted by Gasteiger charge is 2.33. The Bertz CT molecular complexity index is 493. The van der Waals surface area contributed by atoms with Gasteiger partial charge in [-0.05, 0) is 24.9 Å². The zero-order valence-electron chi connectivity index (χ0n) is 12.7. The Morgan fingerprint density at radius 2 is 2.09 bits per heavy atom. The molecule has 1 aliphatic rings. The Morgan fingerprint density at radius 1 is 1.32 bits per heavy atom. The molecule has 0 bridgehead atoms. The Kier molecular flexibility index (Phi) is 6.36. The molecule has 22 heavy (non-hydrogen) atoms. The van der Waals surface area contributed by atoms with Crippen LogP contribution in [0.25, 0.3) is 0 Å². The molecule has 0 saturated carbocycles. The van der Waals surface area contributed by atoms with Gasteiger partial charge < -0.3 is 20.7 Å². The normalized spacial score (nSPS) is 18.3. The molecule has 1 heterocycles. The van der Waals surface area contributed by atoms with Crippen molar-refractivity contribution in [2.75, 3.05) is 26.3 Å². The monoisotopic (exact) mass is 305 g/mol. The first kappa shape index (κ1) is 16.5. The maximum Gasteiger partial charge on any atom is 0.249 e. The first-order valence-electron chi connectivity index (χ1n) is 7.61. The molecule has 2 amide bonds. The van der Waals surface area contributed by atoms with Gasteiger partial charge >= 0.3 is 0 Å². The number of carbonyl (C=O) groups is 2. The molecule has 1 saturated heterocycles. The summed E-state index contributed by atoms with van der Waals surface area (Å²) in [6, 6.07) is 9.08. The largest absolute Gasteiger partial charge is 0.369 e. The number of nitrogens with zero attached hydrogens (tertiary/aromatic N) is 1. The molecule has 1 aromatic carbocycles. The van der Waals surface area contributed by atoms with Gasteiger partial charge in [-0.25, -0.2) is 0 Å². The summed E-state index contributed by atoms with van der Waals surface area (Å²) in [4.78, 5) is 26.0. The summed E-state index contributed by atoms with van der Waals surface area (Å²) in [6.07, 6.45) is 1.70. The Morgan fingerprint density at radius 3 is 2.82 bits per heavy atom. The Labute approximate surface area is 130 Å². The van der Waals surface area contributed by atoms with Crippen LogP contribution in [0, 0.1) is 0 Å². The summed E-state index contributed by atoms with van der Waals surface area (Å²) < 4.78 is 5.24. The molecule has 1 atom stereocenters. The summed E-state index contributed by atoms with van der Waals surface area (Å²) in [5, 5.41) is 2.86. The van der Waals surface area contributed by atoms with E-state index in [0.29, 0.717) is 19.6 Å². The minimum absolute atomic E-state index is 0.0315. The van der Waals surface area contributed by atoms with Crippen molar-refractivity contribution in [2.45, 2.75) is 25.4 Å². The van der Waals surface area contributed by atoms with Crippen LogP contribution in [0.3, 0.4) is 0 Å². The van der Waals surface area contributed by atoms with Crippen molar-refractivity contribution in [2.24, 2.45) is 5.73 Å². The average Bonchev–Trinajstić information content (AvgIpc) is 2.54. The molecule has 1 fully saturated rings. The number of morpholine rings is 1. The van der Waals surface area contributed by atoms with E-state index in [9.17, 15) is 9.59 Å². The topological polar surface area (TPSA) is 84.7 Å². The highest BCUT2D eigenvalue weighted by molar-refractivity contribution is 5.89. The molecule has 2 rings (SSSR count). The Hall–Kier alpha value is -1.92. The molecule has 3 N–H and O–H groups in total. The molecule has 0 spiro atoms. The molecule has 0 radical (unpaired) electrons. The number of nitrogens with two attached hydrogens (primary N) is 1. The lowest BCUT2D eigenvalue weighted by atomic mass is 10.1. The third kappa shape index (κ3) is 4.54. The van der Waals surface area contributed by atoms with Crippen LogP contribution in [-0.2, 0) is 20.9 Å². The second-order valence-electron chi connectivity index (χ2n) is 5.32. The van der Waals surface area contributed by atoms with Crippen molar-refractivity contribution in [1.29, 1.82) is 0 Å². The number of ether oxygens (including phenoxy) is 1. The number of carbonyl (C=O) groups excluding carboxylic acids is 2. The minimum atomic E-state index is -0.570. The summed E-state index contributed by atoms with van der Waals surface area (Å²) >= 11 is 0. The zero-order valence-corrected chi connectivity index (χ0v) is 12.7. The summed E-state index contributed by atoms with van der Waals surface area (Å²) in [6.45, 7) is 1.87. The van der Waals surface area contributed by atoms with Gasteiger partial charge in [-0.2, -0.15) is 0 Å². The van der Waals surface area contributed by atoms with Crippen LogP contribution in [0.1, 0.15) is 18.4 Å². The van der Waals surface area contributed by atoms with Crippen molar-refractivity contribution in [1.82, 2.24) is 10.2 Å². The molecule has 6 heteroatoms. The van der Waals surface area contributed by atoms with Gasteiger partial charge in [0.05, 0.1) is 6.61 Å². The number of nitrogens with one attached hydrogen (secondary N) is 1. The lowest BCUT2D eigenvalue weighted by Gasteiger charge is -2.34. The predicted octanol–water partition coefficient (Wildman–Crippen LogP) is 0.269. The van der Waals surface area contributed by atoms with Gasteiger partial charge in [-0.1, -0.05) is 30.3 Å². The number of rotatable bonds is 7. The first-order valence-corrected chi connectivity index (χ1v) is 7.61. The molecule has 0 aliphatic carbocycles. The fourth-order valence-electron chi connectivity index (χ4n) is 2.40. The van der Waals surface area contributed by atoms with Crippen molar-refractivity contribution < 1.29 is 14.3 Å². The van der Waals surface area contributed by atoms with Crippen molar-refractivity contribution in [3.8, 4) is 0 Å². The molecule has 1 aromatic rings. The van der Waals surface area contributed by atoms with E-state index in [1.807, 2.05) is 30.3 Å². The van der Waals surface area contributed by atoms with Crippen LogP contribution < -0.4 is 11.1 Å². The maximum atomic E-state index is 12.3. The first-order chi connectivity index (χ1) is 10.7. The Balaban J connectivity index is 1.97. The van der Waals surface area contributed by atoms with E-state index in [4.69, 9.17) is 10.5 Å². The van der Waals surface area contributed by atoms with E-state index < -0.39 is 6.04 Å². The van der Waals surface area contributed by atoms with Crippen LogP contribution in [0.4, 0.5) is 0 Å². The SMILES string of the molecule is NCCCCNC(=O)[C@H]1COCC(=O)N1Cc1ccccc1. The van der Waals surface area contributed by atoms with Crippen LogP contribution >= 0.6 is 0 Å². The average molecular weight is 305 g/mol. The minimum Gasteiger partial charge on any atom is -0.369 e. The van der Waals surface area contributed by atoms with E-state index in [0.717, 1.165) is 18.4 Å². The number of amides is 2. The van der Waals surface area contributed by atoms with Gasteiger partial charge in [0.25, 0.3) is 0 Å². The predicted molar refractivity (Wildman–Crippen MR) is 82.9 cm³/mol. The van der Waals surface area contributed by atoms with E-state index >= 15 is 0 Å². The third-order valence-corrected chi connectivity index (χ3v) is 3.63. The standard InChI is InChI=1S/C16H23N3O3/c17-8-4-5-9-18-16(21)14-11-22-12-15(20)19(14)10-13-6-2-1-3-7-13/h1-3,6-7,14H,4-5,8-12,17H2,(H,18,21)/t14-/m1/s1. The van der Waals surface area contributed by atoms with E-state index in [1.54, 1.807) is 4.90 Å². The highest BCUT2D eigenvalue weighted by atomic mass is 16.5. The number of benzene rings is 1. The third-order valence-electron chi connectivity index (χ3n) is 3.63. The van der Waals surface area contributed by atoms with Gasteiger partial charge in [0, 0.05) is 13.1 Å². The molecule has 0 unspecified atom stereocenters. The fourth-order valence-corrected chi connectivity index (χ4v) is 2.40. The summed E-state index contributed by atoms with van der Waals surface area (Å²) in [7, 11) is 0. The molecule has 120 valence electrons. The quantitative estimate of drug-likeness (QED) is 0.708. The van der Waals surface area contributed by atoms with E-state index in [-0.39, 0.29) is 25.0 Å². The smallest absolute Gasteiger partial charge is 0.249 e. The highest BCUT2D eigenvalue weighted by Crippen LogP contribution is 2.13. The lowest BCUT2D eigenvalue weighted by Crippen LogP contribution is -2.56. The zero-order chi connectivity index (χ0) is 15.8. The van der Waals surface area contributed by atoms with Crippen molar-refractivity contribution in [3.63, 3.8) is 0 Å². The molecular formula is C16H23N3O3. The van der Waals surface area contributed by atoms with Gasteiger partial charge in [0.1, 0.15) is 12.6 Å². The fraction of sp³-hybridized carbons (Fsp3) is 0.500. The van der Waals surface area contributed by atoms with Crippen molar-refractivity contribution in [3.05, 3.63) is 35.9 Å². The maximum absolute atomic E-state index is 12.3. The molecule has 0 aromatic heterocycles. The van der Waals surface area contributed by atoms with Gasteiger partial charge in [-0.15, -0.1) is 0 Å². The number of hydrogen-bond acceptors (Lipinski definition) is 4. The number of hydrogen-bond donors (Lipinski definition) is 2. The van der Waals surface area contributed by atoms with E-state index in [1.165, 1.54) is 0 Å². The van der Waals surface area contributed by atoms with Crippen LogP contribution in [0.2, 0.25) is 0 Å². The van der Waals surface area contributed by atoms with Crippen molar-refractivity contribution >= 4 is 11.8 Å². The lowest BCUT2D eigenvalue weighted by molar-refractivity contribution is -0.155. The summed E-state index contributed by atoms with van der Waals surface area (Å²) in [5.74, 6) is -0.321. The molecular weight excluding hydrogens is 282 g/mol. The van der Waals surface area contributed by atoms with E-state index in [2.05, 4.69) is 5.32 Å². The molecule has 6 nitrogen and oxygen atoms in total. The van der Waals surface area contributed by atoms with Crippen LogP contribution in [0.15, 0.2) is 30.3 Å².